The molecule has 0 spiro atoms. The molecule has 0 aliphatic heterocycles. The number of hydrogen-bond donors (Lipinski definition) is 2. The van der Waals surface area contributed by atoms with Crippen LogP contribution in [0.1, 0.15) is 6.42 Å². The van der Waals surface area contributed by atoms with Crippen LogP contribution in [0.2, 0.25) is 10.0 Å². The van der Waals surface area contributed by atoms with Crippen molar-refractivity contribution in [3.8, 4) is 0 Å². The van der Waals surface area contributed by atoms with Crippen LogP contribution in [-0.4, -0.2) is 8.64 Å². The van der Waals surface area contributed by atoms with Crippen LogP contribution in [0.4, 0.5) is 0 Å². The molecule has 0 heterocycles. The van der Waals surface area contributed by atoms with Crippen LogP contribution < -0.4 is 11.5 Å². The van der Waals surface area contributed by atoms with Crippen LogP contribution in [0.5, 0.6) is 0 Å². The molecule has 8 heteroatoms. The van der Waals surface area contributed by atoms with E-state index in [2.05, 4.69) is 0 Å². The molecule has 0 radical (unpaired) electrons. The molecule has 0 bridgehead atoms. The summed E-state index contributed by atoms with van der Waals surface area (Å²) in [5.41, 5.74) is 10.8. The summed E-state index contributed by atoms with van der Waals surface area (Å²) < 4.78 is 1.28. The Morgan fingerprint density at radius 1 is 1.00 bits per heavy atom. The average Bonchev–Trinajstić information content (AvgIpc) is 2.01. The van der Waals surface area contributed by atoms with Crippen molar-refractivity contribution in [2.75, 3.05) is 0 Å². The molecule has 0 saturated carbocycles. The van der Waals surface area contributed by atoms with E-state index in [0.717, 1.165) is 0 Å². The van der Waals surface area contributed by atoms with Gasteiger partial charge in [0.15, 0.2) is 0 Å². The Kier molecular flexibility index (Phi) is 11.6. The Labute approximate surface area is 111 Å². The molecule has 0 rings (SSSR count). The van der Waals surface area contributed by atoms with Crippen molar-refractivity contribution < 1.29 is 31.8 Å². The Bertz CT molecular complexity index is 160. The monoisotopic (exact) mass is 354 g/mol. The van der Waals surface area contributed by atoms with Gasteiger partial charge >= 0.3 is 112 Å². The van der Waals surface area contributed by atoms with E-state index in [4.69, 9.17) is 35.9 Å². The van der Waals surface area contributed by atoms with Gasteiger partial charge in [0.1, 0.15) is 0 Å². The molecule has 0 saturated heterocycles. The van der Waals surface area contributed by atoms with E-state index < -0.39 is 31.8 Å². The summed E-state index contributed by atoms with van der Waals surface area (Å²) in [6.45, 7) is 0. The van der Waals surface area contributed by atoms with Gasteiger partial charge in [0.05, 0.1) is 0 Å². The third-order valence-electron chi connectivity index (χ3n) is 1.28. The van der Waals surface area contributed by atoms with E-state index in [0.29, 0.717) is 8.64 Å². The minimum atomic E-state index is -0.471. The first-order chi connectivity index (χ1) is 6.13. The summed E-state index contributed by atoms with van der Waals surface area (Å²) in [5.74, 6) is 0. The summed E-state index contributed by atoms with van der Waals surface area (Å²) in [4.78, 5) is 0. The zero-order chi connectivity index (χ0) is 10.1. The summed E-state index contributed by atoms with van der Waals surface area (Å²) >= 11 is 8.64. The van der Waals surface area contributed by atoms with Crippen molar-refractivity contribution in [1.82, 2.24) is 0 Å². The minimum absolute atomic E-state index is 0.471. The molecule has 0 aromatic heterocycles. The molecule has 0 aromatic carbocycles. The topological polar surface area (TPSA) is 52.0 Å². The van der Waals surface area contributed by atoms with Gasteiger partial charge in [-0.05, 0) is 0 Å². The van der Waals surface area contributed by atoms with Crippen molar-refractivity contribution in [3.05, 3.63) is 0 Å². The molecule has 0 amide bonds. The van der Waals surface area contributed by atoms with Gasteiger partial charge < -0.3 is 0 Å². The third-order valence-corrected chi connectivity index (χ3v) is 18.4. The van der Waals surface area contributed by atoms with Gasteiger partial charge in [0.25, 0.3) is 0 Å². The molecule has 0 aliphatic carbocycles. The maximum absolute atomic E-state index is 5.39. The summed E-state index contributed by atoms with van der Waals surface area (Å²) in [6, 6.07) is 0. The molecule has 13 heavy (non-hydrogen) atoms. The van der Waals surface area contributed by atoms with Gasteiger partial charge in [-0.25, -0.2) is 0 Å². The third kappa shape index (κ3) is 13.7. The Balaban J connectivity index is 3.00. The molecule has 0 atom stereocenters. The van der Waals surface area contributed by atoms with Crippen LogP contribution in [-0.2, 0) is 31.8 Å². The van der Waals surface area contributed by atoms with E-state index in [-0.39, 0.29) is 0 Å². The fraction of sp³-hybridized carbons (Fsp3) is 0.600. The second kappa shape index (κ2) is 10.3. The van der Waals surface area contributed by atoms with E-state index >= 15 is 0 Å². The normalized spacial score (nSPS) is 8.62. The standard InChI is InChI=1S/C3H6.2CH3NS2.2Zn/c1-3-2;2*2-1(3)4;;/h1-3H2;2*(H3,2,3,4);;/q;;;2*+1/p-2. The average molecular weight is 357 g/mol. The van der Waals surface area contributed by atoms with Crippen LogP contribution >= 0.6 is 43.9 Å². The Morgan fingerprint density at radius 3 is 1.69 bits per heavy atom. The second-order valence-electron chi connectivity index (χ2n) is 2.40. The van der Waals surface area contributed by atoms with Gasteiger partial charge in [-0.2, -0.15) is 0 Å². The molecular formula is C5H10N2S4Zn2. The summed E-state index contributed by atoms with van der Waals surface area (Å²) in [5, 5.41) is 2.77. The Hall–Kier alpha value is 1.73. The quantitative estimate of drug-likeness (QED) is 0.432. The maximum atomic E-state index is 5.39. The molecule has 0 unspecified atom stereocenters. The van der Waals surface area contributed by atoms with Crippen molar-refractivity contribution in [2.45, 2.75) is 16.5 Å². The predicted molar refractivity (Wildman–Crippen MR) is 63.0 cm³/mol. The van der Waals surface area contributed by atoms with Crippen molar-refractivity contribution in [1.29, 1.82) is 0 Å². The van der Waals surface area contributed by atoms with Gasteiger partial charge in [-0.1, -0.05) is 0 Å². The number of rotatable bonds is 6. The summed E-state index contributed by atoms with van der Waals surface area (Å²) in [7, 11) is 3.51. The number of hydrogen-bond acceptors (Lipinski definition) is 4. The van der Waals surface area contributed by atoms with Crippen molar-refractivity contribution in [2.24, 2.45) is 11.5 Å². The molecule has 0 aromatic rings. The first kappa shape index (κ1) is 14.7. The van der Waals surface area contributed by atoms with Crippen LogP contribution in [0.25, 0.3) is 0 Å². The number of thiocarbonyl (C=S) groups is 2. The van der Waals surface area contributed by atoms with E-state index in [1.807, 2.05) is 0 Å². The molecule has 0 fully saturated rings. The van der Waals surface area contributed by atoms with Gasteiger partial charge in [0.2, 0.25) is 0 Å². The van der Waals surface area contributed by atoms with E-state index in [9.17, 15) is 0 Å². The van der Waals surface area contributed by atoms with Gasteiger partial charge in [-0.3, -0.25) is 0 Å². The molecule has 0 aliphatic rings. The van der Waals surface area contributed by atoms with Gasteiger partial charge in [-0.15, -0.1) is 0 Å². The second-order valence-corrected chi connectivity index (χ2v) is 17.8. The van der Waals surface area contributed by atoms with Crippen LogP contribution in [0.3, 0.4) is 0 Å². The molecular weight excluding hydrogens is 347 g/mol. The first-order valence-electron chi connectivity index (χ1n) is 3.97. The predicted octanol–water partition coefficient (Wildman–Crippen LogP) is 2.16. The van der Waals surface area contributed by atoms with E-state index in [1.165, 1.54) is 16.5 Å². The fourth-order valence-corrected chi connectivity index (χ4v) is 15.9. The van der Waals surface area contributed by atoms with Gasteiger partial charge in [0, 0.05) is 0 Å². The Morgan fingerprint density at radius 2 is 1.38 bits per heavy atom. The SMILES string of the molecule is NC(=S)[S][Zn][CH2]C[CH2][Zn][S]C(N)=S. The molecule has 2 nitrogen and oxygen atoms in total. The van der Waals surface area contributed by atoms with Crippen LogP contribution in [0.15, 0.2) is 0 Å². The van der Waals surface area contributed by atoms with E-state index in [1.54, 1.807) is 19.5 Å². The summed E-state index contributed by atoms with van der Waals surface area (Å²) in [6.07, 6.45) is 1.35. The fourth-order valence-electron chi connectivity index (χ4n) is 0.726. The first-order valence-corrected chi connectivity index (χ1v) is 18.2. The zero-order valence-electron chi connectivity index (χ0n) is 7.32. The molecule has 4 N–H and O–H groups in total. The van der Waals surface area contributed by atoms with Crippen molar-refractivity contribution >= 4 is 52.6 Å². The van der Waals surface area contributed by atoms with Crippen molar-refractivity contribution in [3.63, 3.8) is 0 Å². The number of nitrogens with two attached hydrogens (primary N) is 2. The van der Waals surface area contributed by atoms with Crippen LogP contribution in [0, 0.1) is 0 Å². The molecule has 68 valence electrons. The zero-order valence-corrected chi connectivity index (χ0v) is 16.5.